The summed E-state index contributed by atoms with van der Waals surface area (Å²) in [6.07, 6.45) is 7.12. The highest BCUT2D eigenvalue weighted by Gasteiger charge is 2.26. The molecule has 3 aromatic heterocycles. The van der Waals surface area contributed by atoms with Crippen molar-refractivity contribution < 1.29 is 4.79 Å². The number of carbonyl (C=O) groups excluding carboxylic acids is 1. The van der Waals surface area contributed by atoms with Crippen molar-refractivity contribution in [3.63, 3.8) is 0 Å². The van der Waals surface area contributed by atoms with E-state index in [1.807, 2.05) is 45.8 Å². The van der Waals surface area contributed by atoms with Crippen molar-refractivity contribution in [2.75, 3.05) is 13.1 Å². The van der Waals surface area contributed by atoms with Gasteiger partial charge in [-0.25, -0.2) is 9.97 Å². The summed E-state index contributed by atoms with van der Waals surface area (Å²) in [5.74, 6) is 0.985. The van der Waals surface area contributed by atoms with Gasteiger partial charge >= 0.3 is 0 Å². The van der Waals surface area contributed by atoms with E-state index < -0.39 is 0 Å². The number of hydrogen-bond donors (Lipinski definition) is 0. The Morgan fingerprint density at radius 1 is 1.11 bits per heavy atom. The summed E-state index contributed by atoms with van der Waals surface area (Å²) >= 11 is 3.78. The lowest BCUT2D eigenvalue weighted by molar-refractivity contribution is 0.0728. The molecular formula is C20H17IN4OS. The van der Waals surface area contributed by atoms with E-state index in [0.29, 0.717) is 0 Å². The van der Waals surface area contributed by atoms with Crippen LogP contribution in [0.4, 0.5) is 0 Å². The third kappa shape index (κ3) is 2.84. The maximum atomic E-state index is 13.1. The van der Waals surface area contributed by atoms with Crippen LogP contribution in [0.1, 0.15) is 28.9 Å². The van der Waals surface area contributed by atoms with Crippen LogP contribution in [0.3, 0.4) is 0 Å². The van der Waals surface area contributed by atoms with Gasteiger partial charge in [0.1, 0.15) is 21.2 Å². The van der Waals surface area contributed by atoms with Gasteiger partial charge in [-0.15, -0.1) is 11.3 Å². The number of amides is 1. The summed E-state index contributed by atoms with van der Waals surface area (Å²) in [6.45, 7) is 1.70. The van der Waals surface area contributed by atoms with Crippen molar-refractivity contribution in [2.24, 2.45) is 0 Å². The molecule has 1 aromatic carbocycles. The molecule has 7 heteroatoms. The highest BCUT2D eigenvalue weighted by Crippen LogP contribution is 2.36. The SMILES string of the molecule is O=C(c1sc2nc(-c3ccccc3)n3ccnc3c2c1I)N1CCCCC1. The minimum Gasteiger partial charge on any atom is -0.338 e. The second-order valence-electron chi connectivity index (χ2n) is 6.70. The van der Waals surface area contributed by atoms with E-state index in [0.717, 1.165) is 61.6 Å². The number of aromatic nitrogens is 3. The first kappa shape index (κ1) is 17.1. The lowest BCUT2D eigenvalue weighted by atomic mass is 10.1. The topological polar surface area (TPSA) is 50.5 Å². The number of benzene rings is 1. The zero-order valence-corrected chi connectivity index (χ0v) is 17.5. The zero-order chi connectivity index (χ0) is 18.4. The Morgan fingerprint density at radius 3 is 2.67 bits per heavy atom. The molecule has 1 aliphatic heterocycles. The number of hydrogen-bond acceptors (Lipinski definition) is 4. The molecule has 0 aliphatic carbocycles. The Labute approximate surface area is 174 Å². The largest absolute Gasteiger partial charge is 0.338 e. The highest BCUT2D eigenvalue weighted by molar-refractivity contribution is 14.1. The van der Waals surface area contributed by atoms with Gasteiger partial charge in [0.05, 0.1) is 5.39 Å². The first-order valence-electron chi connectivity index (χ1n) is 9.04. The molecule has 1 fully saturated rings. The second-order valence-corrected chi connectivity index (χ2v) is 8.78. The monoisotopic (exact) mass is 488 g/mol. The quantitative estimate of drug-likeness (QED) is 0.380. The first-order chi connectivity index (χ1) is 13.2. The van der Waals surface area contributed by atoms with Crippen LogP contribution in [-0.2, 0) is 0 Å². The number of piperidine rings is 1. The molecule has 1 amide bonds. The van der Waals surface area contributed by atoms with E-state index in [9.17, 15) is 4.79 Å². The average molecular weight is 488 g/mol. The van der Waals surface area contributed by atoms with Crippen LogP contribution in [0, 0.1) is 3.57 Å². The predicted molar refractivity (Wildman–Crippen MR) is 116 cm³/mol. The van der Waals surface area contributed by atoms with Gasteiger partial charge in [-0.3, -0.25) is 9.20 Å². The minimum atomic E-state index is 0.132. The molecule has 0 atom stereocenters. The molecule has 5 rings (SSSR count). The number of rotatable bonds is 2. The van der Waals surface area contributed by atoms with E-state index in [1.165, 1.54) is 17.8 Å². The van der Waals surface area contributed by atoms with Crippen molar-refractivity contribution >= 4 is 55.7 Å². The van der Waals surface area contributed by atoms with Gasteiger partial charge in [-0.2, -0.15) is 0 Å². The van der Waals surface area contributed by atoms with Gasteiger partial charge in [0.25, 0.3) is 5.91 Å². The summed E-state index contributed by atoms with van der Waals surface area (Å²) in [6, 6.07) is 10.1. The van der Waals surface area contributed by atoms with Gasteiger partial charge in [0.2, 0.25) is 0 Å². The second kappa shape index (κ2) is 6.87. The molecule has 4 heterocycles. The van der Waals surface area contributed by atoms with E-state index in [2.05, 4.69) is 27.6 Å². The average Bonchev–Trinajstić information content (AvgIpc) is 3.33. The van der Waals surface area contributed by atoms with Gasteiger partial charge in [0.15, 0.2) is 0 Å². The summed E-state index contributed by atoms with van der Waals surface area (Å²) in [7, 11) is 0. The summed E-state index contributed by atoms with van der Waals surface area (Å²) in [5.41, 5.74) is 1.90. The van der Waals surface area contributed by atoms with Gasteiger partial charge < -0.3 is 4.90 Å². The van der Waals surface area contributed by atoms with E-state index in [1.54, 1.807) is 6.20 Å². The Morgan fingerprint density at radius 2 is 1.89 bits per heavy atom. The van der Waals surface area contributed by atoms with Crippen LogP contribution in [0.25, 0.3) is 27.3 Å². The van der Waals surface area contributed by atoms with Crippen LogP contribution in [0.2, 0.25) is 0 Å². The maximum absolute atomic E-state index is 13.1. The van der Waals surface area contributed by atoms with Crippen molar-refractivity contribution in [3.05, 3.63) is 51.2 Å². The molecular weight excluding hydrogens is 471 g/mol. The molecule has 0 saturated carbocycles. The third-order valence-corrected chi connectivity index (χ3v) is 7.52. The number of imidazole rings is 1. The van der Waals surface area contributed by atoms with Crippen LogP contribution in [0.5, 0.6) is 0 Å². The third-order valence-electron chi connectivity index (χ3n) is 5.00. The number of nitrogens with zero attached hydrogens (tertiary/aromatic N) is 4. The van der Waals surface area contributed by atoms with Gasteiger partial charge in [-0.05, 0) is 41.9 Å². The molecule has 5 nitrogen and oxygen atoms in total. The van der Waals surface area contributed by atoms with Crippen LogP contribution in [0.15, 0.2) is 42.7 Å². The summed E-state index contributed by atoms with van der Waals surface area (Å²) in [4.78, 5) is 26.2. The Kier molecular flexibility index (Phi) is 4.35. The predicted octanol–water partition coefficient (Wildman–Crippen LogP) is 4.84. The molecule has 4 aromatic rings. The standard InChI is InChI=1S/C20H17IN4OS/c21-15-14-18-22-9-12-25(18)17(13-7-3-1-4-8-13)23-19(14)27-16(15)20(26)24-10-5-2-6-11-24/h1,3-4,7-9,12H,2,5-6,10-11H2. The fraction of sp³-hybridized carbons (Fsp3) is 0.250. The molecule has 0 N–H and O–H groups in total. The normalized spacial score (nSPS) is 14.9. The smallest absolute Gasteiger partial charge is 0.265 e. The van der Waals surface area contributed by atoms with Crippen LogP contribution < -0.4 is 0 Å². The molecule has 0 radical (unpaired) electrons. The summed E-state index contributed by atoms with van der Waals surface area (Å²) in [5, 5.41) is 0.977. The van der Waals surface area contributed by atoms with Crippen LogP contribution >= 0.6 is 33.9 Å². The number of carbonyl (C=O) groups is 1. The fourth-order valence-electron chi connectivity index (χ4n) is 3.65. The van der Waals surface area contributed by atoms with E-state index in [4.69, 9.17) is 4.98 Å². The number of halogens is 1. The van der Waals surface area contributed by atoms with Gasteiger partial charge in [-0.1, -0.05) is 30.3 Å². The lowest BCUT2D eigenvalue weighted by Gasteiger charge is -2.26. The maximum Gasteiger partial charge on any atom is 0.265 e. The molecule has 0 unspecified atom stereocenters. The Bertz CT molecular complexity index is 1150. The van der Waals surface area contributed by atoms with E-state index >= 15 is 0 Å². The molecule has 27 heavy (non-hydrogen) atoms. The number of likely N-dealkylation sites (tertiary alicyclic amines) is 1. The van der Waals surface area contributed by atoms with Crippen molar-refractivity contribution in [3.8, 4) is 11.4 Å². The van der Waals surface area contributed by atoms with Crippen molar-refractivity contribution in [1.29, 1.82) is 0 Å². The Balaban J connectivity index is 1.71. The minimum absolute atomic E-state index is 0.132. The van der Waals surface area contributed by atoms with Gasteiger partial charge in [0, 0.05) is 34.6 Å². The van der Waals surface area contributed by atoms with Crippen LogP contribution in [-0.4, -0.2) is 38.3 Å². The zero-order valence-electron chi connectivity index (χ0n) is 14.6. The van der Waals surface area contributed by atoms with E-state index in [-0.39, 0.29) is 5.91 Å². The number of thiophene rings is 1. The summed E-state index contributed by atoms with van der Waals surface area (Å²) < 4.78 is 2.98. The molecule has 136 valence electrons. The molecule has 0 spiro atoms. The lowest BCUT2D eigenvalue weighted by Crippen LogP contribution is -2.35. The molecule has 1 aliphatic rings. The van der Waals surface area contributed by atoms with Crippen molar-refractivity contribution in [1.82, 2.24) is 19.3 Å². The number of fused-ring (bicyclic) bond motifs is 3. The van der Waals surface area contributed by atoms with Crippen molar-refractivity contribution in [2.45, 2.75) is 19.3 Å². The Hall–Kier alpha value is -2.00. The fourth-order valence-corrected chi connectivity index (χ4v) is 5.92. The highest BCUT2D eigenvalue weighted by atomic mass is 127. The molecule has 1 saturated heterocycles. The first-order valence-corrected chi connectivity index (χ1v) is 10.9. The molecule has 0 bridgehead atoms.